The van der Waals surface area contributed by atoms with E-state index in [-0.39, 0.29) is 18.6 Å². The number of thiol groups is 1. The summed E-state index contributed by atoms with van der Waals surface area (Å²) in [6, 6.07) is -5.67. The SMILES string of the molecule is NC(=O)CCC(NC(=O)C(CC(N)=O)NC(=O)C(CS)NC(=O)C(N)CO)C(=O)O. The van der Waals surface area contributed by atoms with Crippen molar-refractivity contribution in [3.63, 3.8) is 0 Å². The van der Waals surface area contributed by atoms with Crippen LogP contribution in [-0.2, 0) is 28.8 Å². The molecule has 5 amide bonds. The van der Waals surface area contributed by atoms with Gasteiger partial charge in [-0.15, -0.1) is 0 Å². The van der Waals surface area contributed by atoms with Crippen LogP contribution in [0.3, 0.4) is 0 Å². The van der Waals surface area contributed by atoms with Crippen LogP contribution in [-0.4, -0.2) is 82.2 Å². The largest absolute Gasteiger partial charge is 0.480 e. The fraction of sp³-hybridized carbons (Fsp3) is 0.600. The first kappa shape index (κ1) is 27.1. The van der Waals surface area contributed by atoms with Crippen LogP contribution in [0, 0.1) is 0 Å². The van der Waals surface area contributed by atoms with E-state index in [0.29, 0.717) is 0 Å². The minimum Gasteiger partial charge on any atom is -0.480 e. The van der Waals surface area contributed by atoms with Crippen LogP contribution in [0.2, 0.25) is 0 Å². The molecule has 15 heteroatoms. The Morgan fingerprint density at radius 1 is 0.833 bits per heavy atom. The van der Waals surface area contributed by atoms with Crippen molar-refractivity contribution in [3.8, 4) is 0 Å². The number of aliphatic hydroxyl groups is 1. The minimum atomic E-state index is -1.57. The zero-order valence-corrected chi connectivity index (χ0v) is 16.8. The Hall–Kier alpha value is -2.91. The van der Waals surface area contributed by atoms with Crippen molar-refractivity contribution in [2.45, 2.75) is 43.4 Å². The molecule has 0 saturated heterocycles. The maximum absolute atomic E-state index is 12.4. The molecule has 14 nitrogen and oxygen atoms in total. The molecule has 0 spiro atoms. The number of aliphatic carboxylic acids is 1. The molecule has 0 aliphatic rings. The molecule has 30 heavy (non-hydrogen) atoms. The van der Waals surface area contributed by atoms with Crippen molar-refractivity contribution in [2.75, 3.05) is 12.4 Å². The summed E-state index contributed by atoms with van der Waals surface area (Å²) in [6.45, 7) is -0.679. The maximum atomic E-state index is 12.4. The third-order valence-corrected chi connectivity index (χ3v) is 4.05. The van der Waals surface area contributed by atoms with E-state index in [2.05, 4.69) is 28.6 Å². The molecule has 0 aromatic heterocycles. The molecule has 0 radical (unpaired) electrons. The molecular weight excluding hydrogens is 424 g/mol. The highest BCUT2D eigenvalue weighted by Gasteiger charge is 2.30. The lowest BCUT2D eigenvalue weighted by Gasteiger charge is -2.23. The van der Waals surface area contributed by atoms with Gasteiger partial charge in [0.15, 0.2) is 0 Å². The summed E-state index contributed by atoms with van der Waals surface area (Å²) >= 11 is 3.91. The van der Waals surface area contributed by atoms with Crippen molar-refractivity contribution >= 4 is 48.1 Å². The van der Waals surface area contributed by atoms with E-state index in [9.17, 15) is 28.8 Å². The van der Waals surface area contributed by atoms with Crippen molar-refractivity contribution < 1.29 is 39.0 Å². The Morgan fingerprint density at radius 3 is 1.77 bits per heavy atom. The fourth-order valence-electron chi connectivity index (χ4n) is 2.05. The van der Waals surface area contributed by atoms with E-state index in [1.54, 1.807) is 0 Å². The predicted octanol–water partition coefficient (Wildman–Crippen LogP) is -5.08. The number of nitrogens with one attached hydrogen (secondary N) is 3. The fourth-order valence-corrected chi connectivity index (χ4v) is 2.31. The molecule has 0 saturated carbocycles. The zero-order valence-electron chi connectivity index (χ0n) is 15.9. The van der Waals surface area contributed by atoms with Gasteiger partial charge in [-0.2, -0.15) is 12.6 Å². The van der Waals surface area contributed by atoms with Crippen molar-refractivity contribution in [1.82, 2.24) is 16.0 Å². The Kier molecular flexibility index (Phi) is 12.0. The molecule has 4 unspecified atom stereocenters. The van der Waals surface area contributed by atoms with Gasteiger partial charge < -0.3 is 43.4 Å². The van der Waals surface area contributed by atoms with E-state index < -0.39 is 72.7 Å². The monoisotopic (exact) mass is 450 g/mol. The highest BCUT2D eigenvalue weighted by Crippen LogP contribution is 2.02. The van der Waals surface area contributed by atoms with E-state index >= 15 is 0 Å². The number of nitrogens with two attached hydrogens (primary N) is 3. The topological polar surface area (TPSA) is 257 Å². The summed E-state index contributed by atoms with van der Waals surface area (Å²) < 4.78 is 0. The predicted molar refractivity (Wildman–Crippen MR) is 105 cm³/mol. The van der Waals surface area contributed by atoms with Crippen molar-refractivity contribution in [1.29, 1.82) is 0 Å². The number of carboxylic acids is 1. The molecule has 4 atom stereocenters. The molecule has 0 rings (SSSR count). The number of carbonyl (C=O) groups excluding carboxylic acids is 5. The Labute approximate surface area is 176 Å². The maximum Gasteiger partial charge on any atom is 0.326 e. The smallest absolute Gasteiger partial charge is 0.326 e. The number of carboxylic acid groups (broad SMARTS) is 1. The van der Waals surface area contributed by atoms with Crippen molar-refractivity contribution in [3.05, 3.63) is 0 Å². The molecule has 0 heterocycles. The van der Waals surface area contributed by atoms with Gasteiger partial charge in [-0.1, -0.05) is 0 Å². The number of hydrogen-bond acceptors (Lipinski definition) is 9. The van der Waals surface area contributed by atoms with Gasteiger partial charge in [0.05, 0.1) is 13.0 Å². The molecule has 0 bridgehead atoms. The molecule has 11 N–H and O–H groups in total. The summed E-state index contributed by atoms with van der Waals surface area (Å²) in [5.74, 6) is -6.31. The normalized spacial score (nSPS) is 14.5. The van der Waals surface area contributed by atoms with Crippen LogP contribution >= 0.6 is 12.6 Å². The standard InChI is InChI=1S/C15H26N6O8S/c16-6(4-22)12(25)21-9(5-30)14(27)20-8(3-11(18)24)13(26)19-7(15(28)29)1-2-10(17)23/h6-9,22,30H,1-5,16H2,(H2,17,23)(H2,18,24)(H,19,26)(H,20,27)(H,21,25)(H,28,29). The van der Waals surface area contributed by atoms with Gasteiger partial charge in [-0.25, -0.2) is 4.79 Å². The van der Waals surface area contributed by atoms with Gasteiger partial charge in [0.25, 0.3) is 0 Å². The number of hydrogen-bond donors (Lipinski definition) is 9. The van der Waals surface area contributed by atoms with Gasteiger partial charge in [-0.05, 0) is 6.42 Å². The molecule has 0 aromatic carbocycles. The molecular formula is C15H26N6O8S. The van der Waals surface area contributed by atoms with Crippen LogP contribution in [0.4, 0.5) is 0 Å². The molecule has 0 aliphatic heterocycles. The lowest BCUT2D eigenvalue weighted by molar-refractivity contribution is -0.142. The van der Waals surface area contributed by atoms with Gasteiger partial charge in [0.1, 0.15) is 24.2 Å². The first-order valence-electron chi connectivity index (χ1n) is 8.60. The van der Waals surface area contributed by atoms with Gasteiger partial charge in [0, 0.05) is 12.2 Å². The lowest BCUT2D eigenvalue weighted by Crippen LogP contribution is -2.58. The summed E-state index contributed by atoms with van der Waals surface area (Å²) in [4.78, 5) is 69.8. The highest BCUT2D eigenvalue weighted by atomic mass is 32.1. The summed E-state index contributed by atoms with van der Waals surface area (Å²) in [5.41, 5.74) is 15.4. The average molecular weight is 450 g/mol. The van der Waals surface area contributed by atoms with Crippen LogP contribution in [0.1, 0.15) is 19.3 Å². The quantitative estimate of drug-likeness (QED) is 0.114. The Bertz CT molecular complexity index is 676. The number of carbonyl (C=O) groups is 6. The lowest BCUT2D eigenvalue weighted by atomic mass is 10.1. The van der Waals surface area contributed by atoms with Crippen LogP contribution in [0.15, 0.2) is 0 Å². The summed E-state index contributed by atoms with van der Waals surface area (Å²) in [6.07, 6.45) is -1.33. The molecule has 0 aromatic rings. The second kappa shape index (κ2) is 13.3. The highest BCUT2D eigenvalue weighted by molar-refractivity contribution is 7.80. The first-order chi connectivity index (χ1) is 13.9. The summed E-state index contributed by atoms with van der Waals surface area (Å²) in [7, 11) is 0. The number of aliphatic hydroxyl groups excluding tert-OH is 1. The number of primary amides is 2. The zero-order chi connectivity index (χ0) is 23.4. The second-order valence-corrected chi connectivity index (χ2v) is 6.53. The van der Waals surface area contributed by atoms with E-state index in [4.69, 9.17) is 27.4 Å². The van der Waals surface area contributed by atoms with Crippen molar-refractivity contribution in [2.24, 2.45) is 17.2 Å². The van der Waals surface area contributed by atoms with Crippen LogP contribution < -0.4 is 33.2 Å². The Balaban J connectivity index is 5.27. The minimum absolute atomic E-state index is 0.225. The first-order valence-corrected chi connectivity index (χ1v) is 9.23. The van der Waals surface area contributed by atoms with E-state index in [1.165, 1.54) is 0 Å². The van der Waals surface area contributed by atoms with Crippen LogP contribution in [0.25, 0.3) is 0 Å². The molecule has 0 aliphatic carbocycles. The second-order valence-electron chi connectivity index (χ2n) is 6.17. The van der Waals surface area contributed by atoms with E-state index in [0.717, 1.165) is 0 Å². The Morgan fingerprint density at radius 2 is 1.33 bits per heavy atom. The van der Waals surface area contributed by atoms with Crippen LogP contribution in [0.5, 0.6) is 0 Å². The number of rotatable bonds is 14. The van der Waals surface area contributed by atoms with Gasteiger partial charge >= 0.3 is 5.97 Å². The van der Waals surface area contributed by atoms with Gasteiger partial charge in [-0.3, -0.25) is 24.0 Å². The third-order valence-electron chi connectivity index (χ3n) is 3.68. The average Bonchev–Trinajstić information content (AvgIpc) is 2.66. The van der Waals surface area contributed by atoms with Gasteiger partial charge in [0.2, 0.25) is 29.5 Å². The summed E-state index contributed by atoms with van der Waals surface area (Å²) in [5, 5.41) is 24.5. The number of amides is 5. The molecule has 0 fully saturated rings. The third kappa shape index (κ3) is 10.0. The molecule has 170 valence electrons. The van der Waals surface area contributed by atoms with E-state index in [1.807, 2.05) is 0 Å².